The number of piperazine rings is 1. The normalized spacial score (nSPS) is 20.3. The van der Waals surface area contributed by atoms with Crippen molar-refractivity contribution in [2.45, 2.75) is 18.9 Å². The van der Waals surface area contributed by atoms with Crippen LogP contribution in [0.4, 0.5) is 11.6 Å². The fourth-order valence-electron chi connectivity index (χ4n) is 4.14. The number of para-hydroxylation sites is 1. The monoisotopic (exact) mass is 468 g/mol. The molecule has 1 N–H and O–H groups in total. The van der Waals surface area contributed by atoms with Gasteiger partial charge in [-0.3, -0.25) is 0 Å². The number of hydrogen-bond acceptors (Lipinski definition) is 8. The summed E-state index contributed by atoms with van der Waals surface area (Å²) in [5, 5.41) is 4.27. The third-order valence-corrected chi connectivity index (χ3v) is 8.50. The number of nitrogens with one attached hydrogen (secondary N) is 1. The Hall–Kier alpha value is -2.02. The minimum atomic E-state index is -3.18. The number of anilines is 2. The molecule has 0 saturated carbocycles. The van der Waals surface area contributed by atoms with Crippen molar-refractivity contribution in [2.24, 2.45) is 0 Å². The first-order valence-corrected chi connectivity index (χ1v) is 14.0. The number of sulfonamides is 2. The lowest BCUT2D eigenvalue weighted by Gasteiger charge is -2.35. The maximum Gasteiger partial charge on any atom is 0.223 e. The Morgan fingerprint density at radius 1 is 0.903 bits per heavy atom. The van der Waals surface area contributed by atoms with Crippen LogP contribution in [0.5, 0.6) is 0 Å². The van der Waals surface area contributed by atoms with Gasteiger partial charge in [0, 0.05) is 56.9 Å². The minimum Gasteiger partial charge on any atom is -0.367 e. The second-order valence-electron chi connectivity index (χ2n) is 8.14. The molecule has 2 aliphatic rings. The molecule has 0 aliphatic carbocycles. The molecule has 10 nitrogen and oxygen atoms in total. The van der Waals surface area contributed by atoms with Gasteiger partial charge in [-0.25, -0.2) is 31.1 Å². The number of nitrogens with zero attached hydrogens (tertiary/aromatic N) is 5. The van der Waals surface area contributed by atoms with Gasteiger partial charge < -0.3 is 10.2 Å². The van der Waals surface area contributed by atoms with Crippen LogP contribution in [0.15, 0.2) is 24.4 Å². The van der Waals surface area contributed by atoms with Gasteiger partial charge in [0.15, 0.2) is 0 Å². The van der Waals surface area contributed by atoms with Crippen LogP contribution in [-0.2, 0) is 20.0 Å². The highest BCUT2D eigenvalue weighted by molar-refractivity contribution is 7.88. The lowest BCUT2D eigenvalue weighted by Crippen LogP contribution is -2.48. The molecule has 0 amide bonds. The van der Waals surface area contributed by atoms with Crippen LogP contribution in [0.2, 0.25) is 0 Å². The summed E-state index contributed by atoms with van der Waals surface area (Å²) in [4.78, 5) is 11.3. The number of fused-ring (bicyclic) bond motifs is 1. The quantitative estimate of drug-likeness (QED) is 0.676. The molecular weight excluding hydrogens is 440 g/mol. The van der Waals surface area contributed by atoms with Gasteiger partial charge >= 0.3 is 0 Å². The van der Waals surface area contributed by atoms with Gasteiger partial charge in [-0.2, -0.15) is 4.31 Å². The highest BCUT2D eigenvalue weighted by Gasteiger charge is 2.26. The van der Waals surface area contributed by atoms with E-state index in [1.807, 2.05) is 18.2 Å². The van der Waals surface area contributed by atoms with Crippen LogP contribution in [-0.4, -0.2) is 93.2 Å². The van der Waals surface area contributed by atoms with E-state index < -0.39 is 20.0 Å². The molecule has 170 valence electrons. The van der Waals surface area contributed by atoms with Gasteiger partial charge in [-0.15, -0.1) is 0 Å². The molecule has 0 unspecified atom stereocenters. The maximum absolute atomic E-state index is 11.8. The zero-order valence-electron chi connectivity index (χ0n) is 17.7. The summed E-state index contributed by atoms with van der Waals surface area (Å²) in [5.41, 5.74) is 1.78. The van der Waals surface area contributed by atoms with Crippen LogP contribution < -0.4 is 10.2 Å². The van der Waals surface area contributed by atoms with Crippen molar-refractivity contribution in [1.29, 1.82) is 0 Å². The van der Waals surface area contributed by atoms with Gasteiger partial charge in [0.25, 0.3) is 0 Å². The molecule has 0 radical (unpaired) electrons. The number of benzene rings is 1. The summed E-state index contributed by atoms with van der Waals surface area (Å²) in [6, 6.07) is 6.03. The highest BCUT2D eigenvalue weighted by atomic mass is 32.2. The number of aromatic nitrogens is 2. The smallest absolute Gasteiger partial charge is 0.223 e. The van der Waals surface area contributed by atoms with Crippen molar-refractivity contribution in [3.05, 3.63) is 24.4 Å². The first-order chi connectivity index (χ1) is 14.6. The SMILES string of the molecule is CS(=O)(=O)N1CCC(Nc2ncc3cccc(N4CCN(S(C)(=O)=O)CC4)c3n2)CC1. The summed E-state index contributed by atoms with van der Waals surface area (Å²) in [7, 11) is -6.33. The molecule has 0 spiro atoms. The number of rotatable bonds is 5. The summed E-state index contributed by atoms with van der Waals surface area (Å²) < 4.78 is 50.0. The molecule has 1 aromatic carbocycles. The van der Waals surface area contributed by atoms with E-state index in [1.54, 1.807) is 6.20 Å². The van der Waals surface area contributed by atoms with E-state index in [1.165, 1.54) is 21.1 Å². The van der Waals surface area contributed by atoms with Crippen molar-refractivity contribution in [2.75, 3.05) is 62.0 Å². The Balaban J connectivity index is 1.49. The molecule has 2 saturated heterocycles. The maximum atomic E-state index is 11.8. The highest BCUT2D eigenvalue weighted by Crippen LogP contribution is 2.27. The zero-order valence-corrected chi connectivity index (χ0v) is 19.4. The molecule has 1 aromatic heterocycles. The summed E-state index contributed by atoms with van der Waals surface area (Å²) in [6.45, 7) is 3.07. The first-order valence-electron chi connectivity index (χ1n) is 10.3. The van der Waals surface area contributed by atoms with Gasteiger partial charge in [0.1, 0.15) is 0 Å². The van der Waals surface area contributed by atoms with Gasteiger partial charge in [-0.05, 0) is 18.9 Å². The second-order valence-corrected chi connectivity index (χ2v) is 12.1. The fraction of sp³-hybridized carbons (Fsp3) is 0.579. The first kappa shape index (κ1) is 22.2. The summed E-state index contributed by atoms with van der Waals surface area (Å²) >= 11 is 0. The van der Waals surface area contributed by atoms with E-state index in [9.17, 15) is 16.8 Å². The largest absolute Gasteiger partial charge is 0.367 e. The van der Waals surface area contributed by atoms with E-state index in [2.05, 4.69) is 15.2 Å². The molecule has 2 fully saturated rings. The van der Waals surface area contributed by atoms with Crippen LogP contribution >= 0.6 is 0 Å². The van der Waals surface area contributed by atoms with Gasteiger partial charge in [0.2, 0.25) is 26.0 Å². The molecule has 3 heterocycles. The molecule has 2 aromatic rings. The Morgan fingerprint density at radius 3 is 2.13 bits per heavy atom. The molecule has 4 rings (SSSR count). The van der Waals surface area contributed by atoms with Gasteiger partial charge in [0.05, 0.1) is 23.7 Å². The predicted molar refractivity (Wildman–Crippen MR) is 121 cm³/mol. The van der Waals surface area contributed by atoms with E-state index in [0.29, 0.717) is 58.1 Å². The van der Waals surface area contributed by atoms with Crippen molar-refractivity contribution in [1.82, 2.24) is 18.6 Å². The van der Waals surface area contributed by atoms with E-state index in [4.69, 9.17) is 4.98 Å². The van der Waals surface area contributed by atoms with Crippen molar-refractivity contribution >= 4 is 42.6 Å². The molecule has 12 heteroatoms. The Morgan fingerprint density at radius 2 is 1.52 bits per heavy atom. The lowest BCUT2D eigenvalue weighted by atomic mass is 10.1. The second kappa shape index (κ2) is 8.49. The standard InChI is InChI=1S/C19H28N6O4S2/c1-30(26,27)24-8-6-16(7-9-24)21-19-20-14-15-4-3-5-17(18(15)22-19)23-10-12-25(13-11-23)31(2,28)29/h3-5,14,16H,6-13H2,1-2H3,(H,20,21,22). The van der Waals surface area contributed by atoms with Crippen LogP contribution in [0.3, 0.4) is 0 Å². The van der Waals surface area contributed by atoms with Crippen LogP contribution in [0, 0.1) is 0 Å². The topological polar surface area (TPSA) is 116 Å². The molecule has 31 heavy (non-hydrogen) atoms. The lowest BCUT2D eigenvalue weighted by molar-refractivity contribution is 0.331. The van der Waals surface area contributed by atoms with Crippen molar-refractivity contribution < 1.29 is 16.8 Å². The third kappa shape index (κ3) is 5.08. The minimum absolute atomic E-state index is 0.112. The third-order valence-electron chi connectivity index (χ3n) is 5.89. The van der Waals surface area contributed by atoms with Crippen LogP contribution in [0.25, 0.3) is 10.9 Å². The summed E-state index contributed by atoms with van der Waals surface area (Å²) in [6.07, 6.45) is 5.66. The average molecular weight is 469 g/mol. The van der Waals surface area contributed by atoms with E-state index in [0.717, 1.165) is 16.6 Å². The van der Waals surface area contributed by atoms with E-state index >= 15 is 0 Å². The Bertz CT molecular complexity index is 1160. The van der Waals surface area contributed by atoms with Crippen molar-refractivity contribution in [3.8, 4) is 0 Å². The molecule has 2 aliphatic heterocycles. The van der Waals surface area contributed by atoms with Gasteiger partial charge in [-0.1, -0.05) is 12.1 Å². The van der Waals surface area contributed by atoms with E-state index in [-0.39, 0.29) is 6.04 Å². The summed E-state index contributed by atoms with van der Waals surface area (Å²) in [5.74, 6) is 0.521. The predicted octanol–water partition coefficient (Wildman–Crippen LogP) is 0.547. The molecule has 0 atom stereocenters. The van der Waals surface area contributed by atoms with Crippen LogP contribution in [0.1, 0.15) is 12.8 Å². The van der Waals surface area contributed by atoms with Crippen molar-refractivity contribution in [3.63, 3.8) is 0 Å². The Labute approximate surface area is 183 Å². The zero-order chi connectivity index (χ0) is 22.2. The average Bonchev–Trinajstić information content (AvgIpc) is 2.72. The molecular formula is C19H28N6O4S2. The number of hydrogen-bond donors (Lipinski definition) is 1. The Kier molecular flexibility index (Phi) is 6.08. The fourth-order valence-corrected chi connectivity index (χ4v) is 5.84. The molecule has 0 bridgehead atoms. The number of piperidine rings is 1.